The lowest BCUT2D eigenvalue weighted by Crippen LogP contribution is -2.14. The summed E-state index contributed by atoms with van der Waals surface area (Å²) in [6.07, 6.45) is 4.22. The number of hydrogen-bond donors (Lipinski definition) is 1. The van der Waals surface area contributed by atoms with Gasteiger partial charge in [0.2, 0.25) is 10.0 Å². The Morgan fingerprint density at radius 2 is 2.10 bits per heavy atom. The maximum Gasteiger partial charge on any atom is 0.348 e. The van der Waals surface area contributed by atoms with E-state index in [4.69, 9.17) is 9.88 Å². The molecule has 1 rings (SSSR count). The first-order valence-electron chi connectivity index (χ1n) is 7.09. The minimum absolute atomic E-state index is 0.00234. The molecule has 0 aliphatic rings. The number of aryl methyl sites for hydroxylation is 1. The molecule has 7 heteroatoms. The van der Waals surface area contributed by atoms with Crippen molar-refractivity contribution in [3.05, 3.63) is 15.8 Å². The van der Waals surface area contributed by atoms with E-state index in [0.29, 0.717) is 17.4 Å². The number of sulfonamides is 1. The van der Waals surface area contributed by atoms with Crippen molar-refractivity contribution in [3.63, 3.8) is 0 Å². The second-order valence-corrected chi connectivity index (χ2v) is 7.88. The molecule has 1 heterocycles. The van der Waals surface area contributed by atoms with Crippen LogP contribution < -0.4 is 5.14 Å². The first-order valence-corrected chi connectivity index (χ1v) is 9.46. The van der Waals surface area contributed by atoms with E-state index < -0.39 is 16.0 Å². The van der Waals surface area contributed by atoms with E-state index in [1.807, 2.05) is 0 Å². The van der Waals surface area contributed by atoms with Crippen LogP contribution in [0, 0.1) is 12.8 Å². The molecule has 0 fully saturated rings. The van der Waals surface area contributed by atoms with Gasteiger partial charge in [0.25, 0.3) is 0 Å². The monoisotopic (exact) mass is 333 g/mol. The molecular formula is C14H23NO4S2. The molecule has 2 N–H and O–H groups in total. The van der Waals surface area contributed by atoms with Crippen LogP contribution in [0.15, 0.2) is 11.0 Å². The van der Waals surface area contributed by atoms with Crippen molar-refractivity contribution in [1.29, 1.82) is 0 Å². The molecular weight excluding hydrogens is 310 g/mol. The van der Waals surface area contributed by atoms with E-state index in [1.165, 1.54) is 6.07 Å². The Labute approximate surface area is 130 Å². The lowest BCUT2D eigenvalue weighted by Gasteiger charge is -2.14. The van der Waals surface area contributed by atoms with Crippen molar-refractivity contribution in [2.24, 2.45) is 11.1 Å². The van der Waals surface area contributed by atoms with Gasteiger partial charge in [-0.05, 0) is 25.3 Å². The van der Waals surface area contributed by atoms with Gasteiger partial charge in [0, 0.05) is 4.88 Å². The molecule has 0 spiro atoms. The third kappa shape index (κ3) is 5.41. The molecule has 0 aromatic carbocycles. The molecule has 21 heavy (non-hydrogen) atoms. The number of primary sulfonamides is 1. The Bertz CT molecular complexity index is 578. The fourth-order valence-corrected chi connectivity index (χ4v) is 4.05. The van der Waals surface area contributed by atoms with Crippen LogP contribution in [0.5, 0.6) is 0 Å². The summed E-state index contributed by atoms with van der Waals surface area (Å²) in [7, 11) is -3.79. The topological polar surface area (TPSA) is 86.5 Å². The van der Waals surface area contributed by atoms with E-state index in [2.05, 4.69) is 13.8 Å². The van der Waals surface area contributed by atoms with E-state index >= 15 is 0 Å². The fourth-order valence-electron chi connectivity index (χ4n) is 2.01. The fraction of sp³-hybridized carbons (Fsp3) is 0.643. The highest BCUT2D eigenvalue weighted by Crippen LogP contribution is 2.25. The third-order valence-electron chi connectivity index (χ3n) is 3.37. The molecule has 1 unspecified atom stereocenters. The molecule has 0 aliphatic carbocycles. The van der Waals surface area contributed by atoms with E-state index in [9.17, 15) is 13.2 Å². The minimum Gasteiger partial charge on any atom is -0.461 e. The standard InChI is InChI=1S/C14H23NO4S2/c1-4-6-7-11(5-2)9-19-14(16)12-8-13(10(3)20-12)21(15,17)18/h8,11H,4-7,9H2,1-3H3,(H2,15,17,18). The van der Waals surface area contributed by atoms with Crippen LogP contribution in [0.2, 0.25) is 0 Å². The van der Waals surface area contributed by atoms with Crippen LogP contribution in [0.1, 0.15) is 54.1 Å². The Kier molecular flexibility index (Phi) is 6.83. The van der Waals surface area contributed by atoms with Crippen LogP contribution in [0.3, 0.4) is 0 Å². The van der Waals surface area contributed by atoms with E-state index in [-0.39, 0.29) is 9.77 Å². The van der Waals surface area contributed by atoms with Crippen LogP contribution in [-0.4, -0.2) is 21.0 Å². The number of hydrogen-bond acceptors (Lipinski definition) is 5. The molecule has 0 bridgehead atoms. The van der Waals surface area contributed by atoms with Gasteiger partial charge in [-0.15, -0.1) is 11.3 Å². The zero-order chi connectivity index (χ0) is 16.0. The van der Waals surface area contributed by atoms with Crippen molar-refractivity contribution in [3.8, 4) is 0 Å². The van der Waals surface area contributed by atoms with Crippen molar-refractivity contribution in [1.82, 2.24) is 0 Å². The molecule has 0 saturated heterocycles. The van der Waals surface area contributed by atoms with Gasteiger partial charge in [-0.3, -0.25) is 0 Å². The van der Waals surface area contributed by atoms with Gasteiger partial charge in [0.05, 0.1) is 11.5 Å². The smallest absolute Gasteiger partial charge is 0.348 e. The van der Waals surface area contributed by atoms with Crippen LogP contribution in [0.25, 0.3) is 0 Å². The first-order chi connectivity index (χ1) is 9.79. The van der Waals surface area contributed by atoms with Crippen LogP contribution in [-0.2, 0) is 14.8 Å². The maximum atomic E-state index is 12.0. The highest BCUT2D eigenvalue weighted by atomic mass is 32.2. The van der Waals surface area contributed by atoms with E-state index in [1.54, 1.807) is 6.92 Å². The number of carbonyl (C=O) groups excluding carboxylic acids is 1. The zero-order valence-electron chi connectivity index (χ0n) is 12.7. The summed E-state index contributed by atoms with van der Waals surface area (Å²) in [6, 6.07) is 1.30. The summed E-state index contributed by atoms with van der Waals surface area (Å²) in [4.78, 5) is 12.8. The predicted octanol–water partition coefficient (Wildman–Crippen LogP) is 3.08. The maximum absolute atomic E-state index is 12.0. The molecule has 0 aliphatic heterocycles. The first kappa shape index (κ1) is 18.1. The lowest BCUT2D eigenvalue weighted by molar-refractivity contribution is 0.0433. The van der Waals surface area contributed by atoms with Crippen LogP contribution >= 0.6 is 11.3 Å². The molecule has 1 aromatic heterocycles. The zero-order valence-corrected chi connectivity index (χ0v) is 14.4. The van der Waals surface area contributed by atoms with Crippen molar-refractivity contribution in [2.75, 3.05) is 6.61 Å². The summed E-state index contributed by atoms with van der Waals surface area (Å²) in [5.41, 5.74) is 0. The molecule has 120 valence electrons. The van der Waals surface area contributed by atoms with Gasteiger partial charge in [-0.25, -0.2) is 18.4 Å². The van der Waals surface area contributed by atoms with Gasteiger partial charge in [0.1, 0.15) is 4.88 Å². The molecule has 0 amide bonds. The molecule has 5 nitrogen and oxygen atoms in total. The van der Waals surface area contributed by atoms with Gasteiger partial charge in [-0.1, -0.05) is 33.1 Å². The highest BCUT2D eigenvalue weighted by molar-refractivity contribution is 7.89. The number of ether oxygens (including phenoxy) is 1. The van der Waals surface area contributed by atoms with Crippen molar-refractivity contribution in [2.45, 2.75) is 51.3 Å². The summed E-state index contributed by atoms with van der Waals surface area (Å²) in [6.45, 7) is 6.19. The minimum atomic E-state index is -3.79. The Morgan fingerprint density at radius 3 is 2.57 bits per heavy atom. The second-order valence-electron chi connectivity index (χ2n) is 5.09. The Hall–Kier alpha value is -0.920. The van der Waals surface area contributed by atoms with Crippen molar-refractivity contribution < 1.29 is 17.9 Å². The number of esters is 1. The third-order valence-corrected chi connectivity index (χ3v) is 5.57. The average Bonchev–Trinajstić information content (AvgIpc) is 2.81. The summed E-state index contributed by atoms with van der Waals surface area (Å²) in [5, 5.41) is 5.10. The van der Waals surface area contributed by atoms with Gasteiger partial charge in [0.15, 0.2) is 0 Å². The van der Waals surface area contributed by atoms with E-state index in [0.717, 1.165) is 37.0 Å². The van der Waals surface area contributed by atoms with Crippen LogP contribution in [0.4, 0.5) is 0 Å². The Balaban J connectivity index is 2.68. The SMILES string of the molecule is CCCCC(CC)COC(=O)c1cc(S(N)(=O)=O)c(C)s1. The summed E-state index contributed by atoms with van der Waals surface area (Å²) in [5.74, 6) is -0.124. The summed E-state index contributed by atoms with van der Waals surface area (Å²) < 4.78 is 28.0. The van der Waals surface area contributed by atoms with Crippen molar-refractivity contribution >= 4 is 27.3 Å². The molecule has 0 saturated carbocycles. The quantitative estimate of drug-likeness (QED) is 0.741. The van der Waals surface area contributed by atoms with Gasteiger partial charge >= 0.3 is 5.97 Å². The predicted molar refractivity (Wildman–Crippen MR) is 84.0 cm³/mol. The largest absolute Gasteiger partial charge is 0.461 e. The molecule has 0 radical (unpaired) electrons. The number of unbranched alkanes of at least 4 members (excludes halogenated alkanes) is 1. The van der Waals surface area contributed by atoms with Gasteiger partial charge < -0.3 is 4.74 Å². The Morgan fingerprint density at radius 1 is 1.43 bits per heavy atom. The molecule has 1 aromatic rings. The molecule has 1 atom stereocenters. The number of thiophene rings is 1. The normalized spacial score (nSPS) is 13.1. The highest BCUT2D eigenvalue weighted by Gasteiger charge is 2.20. The second kappa shape index (κ2) is 7.91. The average molecular weight is 333 g/mol. The number of rotatable bonds is 8. The number of nitrogens with two attached hydrogens (primary N) is 1. The number of carbonyl (C=O) groups is 1. The lowest BCUT2D eigenvalue weighted by atomic mass is 10.0. The van der Waals surface area contributed by atoms with Gasteiger partial charge in [-0.2, -0.15) is 0 Å². The summed E-state index contributed by atoms with van der Waals surface area (Å²) >= 11 is 1.09.